The van der Waals surface area contributed by atoms with E-state index in [2.05, 4.69) is 5.32 Å². The lowest BCUT2D eigenvalue weighted by atomic mass is 10.1. The molecule has 4 nitrogen and oxygen atoms in total. The lowest BCUT2D eigenvalue weighted by molar-refractivity contribution is 0.0524. The number of rotatable bonds is 3. The normalized spacial score (nSPS) is 12.9. The van der Waals surface area contributed by atoms with Crippen LogP contribution in [0.4, 0.5) is 18.0 Å². The molecule has 0 bridgehead atoms. The van der Waals surface area contributed by atoms with Crippen LogP contribution in [-0.2, 0) is 4.74 Å². The largest absolute Gasteiger partial charge is 0.444 e. The number of carbonyl (C=O) groups excluding carboxylic acids is 1. The van der Waals surface area contributed by atoms with Crippen LogP contribution in [0.3, 0.4) is 0 Å². The monoisotopic (exact) mass is 290 g/mol. The van der Waals surface area contributed by atoms with E-state index in [9.17, 15) is 18.0 Å². The van der Waals surface area contributed by atoms with Gasteiger partial charge in [0.2, 0.25) is 0 Å². The Morgan fingerprint density at radius 1 is 1.30 bits per heavy atom. The summed E-state index contributed by atoms with van der Waals surface area (Å²) in [6.45, 7) is 4.88. The number of hydrogen-bond donors (Lipinski definition) is 2. The molecule has 1 aromatic rings. The number of carbonyl (C=O) groups is 1. The maximum Gasteiger partial charge on any atom is 0.407 e. The van der Waals surface area contributed by atoms with E-state index in [0.29, 0.717) is 0 Å². The highest BCUT2D eigenvalue weighted by Crippen LogP contribution is 2.19. The molecule has 0 spiro atoms. The number of benzene rings is 1. The molecule has 0 aliphatic carbocycles. The van der Waals surface area contributed by atoms with Gasteiger partial charge in [0.15, 0.2) is 17.5 Å². The third kappa shape index (κ3) is 4.41. The molecule has 20 heavy (non-hydrogen) atoms. The number of ether oxygens (including phenoxy) is 1. The van der Waals surface area contributed by atoms with Crippen LogP contribution < -0.4 is 11.1 Å². The van der Waals surface area contributed by atoms with E-state index in [4.69, 9.17) is 10.5 Å². The molecular formula is C13H17F3N2O2. The first kappa shape index (κ1) is 16.3. The molecule has 0 heterocycles. The zero-order valence-electron chi connectivity index (χ0n) is 11.5. The Balaban J connectivity index is 2.66. The average molecular weight is 290 g/mol. The number of nitrogens with two attached hydrogens (primary N) is 1. The van der Waals surface area contributed by atoms with E-state index < -0.39 is 35.2 Å². The van der Waals surface area contributed by atoms with Crippen LogP contribution in [0, 0.1) is 17.5 Å². The maximum absolute atomic E-state index is 13.5. The molecule has 112 valence electrons. The highest BCUT2D eigenvalue weighted by Gasteiger charge is 2.20. The van der Waals surface area contributed by atoms with Gasteiger partial charge in [0.1, 0.15) is 5.60 Å². The molecule has 0 saturated heterocycles. The number of alkyl carbamates (subject to hydrolysis) is 1. The van der Waals surface area contributed by atoms with Crippen molar-refractivity contribution in [3.8, 4) is 0 Å². The smallest absolute Gasteiger partial charge is 0.407 e. The molecule has 1 atom stereocenters. The van der Waals surface area contributed by atoms with Crippen LogP contribution in [0.1, 0.15) is 32.4 Å². The van der Waals surface area contributed by atoms with Gasteiger partial charge in [-0.25, -0.2) is 18.0 Å². The molecule has 1 unspecified atom stereocenters. The fourth-order valence-corrected chi connectivity index (χ4v) is 1.44. The van der Waals surface area contributed by atoms with Gasteiger partial charge in [-0.2, -0.15) is 0 Å². The maximum atomic E-state index is 13.5. The fourth-order valence-electron chi connectivity index (χ4n) is 1.44. The summed E-state index contributed by atoms with van der Waals surface area (Å²) >= 11 is 0. The van der Waals surface area contributed by atoms with Gasteiger partial charge >= 0.3 is 6.09 Å². The summed E-state index contributed by atoms with van der Waals surface area (Å²) in [6, 6.07) is 0.800. The summed E-state index contributed by atoms with van der Waals surface area (Å²) < 4.78 is 44.3. The second kappa shape index (κ2) is 6.13. The highest BCUT2D eigenvalue weighted by molar-refractivity contribution is 5.67. The Morgan fingerprint density at radius 3 is 2.45 bits per heavy atom. The van der Waals surface area contributed by atoms with Gasteiger partial charge in [-0.05, 0) is 26.8 Å². The number of halogens is 3. The predicted molar refractivity (Wildman–Crippen MR) is 67.5 cm³/mol. The van der Waals surface area contributed by atoms with Crippen LogP contribution >= 0.6 is 0 Å². The topological polar surface area (TPSA) is 64.3 Å². The van der Waals surface area contributed by atoms with Crippen LogP contribution in [0.25, 0.3) is 0 Å². The van der Waals surface area contributed by atoms with Gasteiger partial charge in [0.25, 0.3) is 0 Å². The zero-order chi connectivity index (χ0) is 15.5. The summed E-state index contributed by atoms with van der Waals surface area (Å²) in [6.07, 6.45) is -0.726. The Labute approximate surface area is 115 Å². The predicted octanol–water partition coefficient (Wildman–Crippen LogP) is 2.63. The van der Waals surface area contributed by atoms with Gasteiger partial charge in [-0.1, -0.05) is 6.07 Å². The molecule has 0 aromatic heterocycles. The van der Waals surface area contributed by atoms with E-state index in [-0.39, 0.29) is 12.1 Å². The Morgan fingerprint density at radius 2 is 1.90 bits per heavy atom. The molecular weight excluding hydrogens is 273 g/mol. The summed E-state index contributed by atoms with van der Waals surface area (Å²) in [5.74, 6) is -4.24. The lowest BCUT2D eigenvalue weighted by Crippen LogP contribution is -2.36. The molecule has 0 radical (unpaired) electrons. The van der Waals surface area contributed by atoms with Crippen molar-refractivity contribution in [3.63, 3.8) is 0 Å². The fraction of sp³-hybridized carbons (Fsp3) is 0.462. The molecule has 1 amide bonds. The van der Waals surface area contributed by atoms with Crippen LogP contribution in [0.15, 0.2) is 12.1 Å². The molecule has 0 saturated carbocycles. The molecule has 0 fully saturated rings. The van der Waals surface area contributed by atoms with Crippen molar-refractivity contribution < 1.29 is 22.7 Å². The first-order valence-corrected chi connectivity index (χ1v) is 5.97. The quantitative estimate of drug-likeness (QED) is 0.841. The minimum Gasteiger partial charge on any atom is -0.444 e. The number of nitrogens with one attached hydrogen (secondary N) is 1. The number of hydrogen-bond acceptors (Lipinski definition) is 3. The van der Waals surface area contributed by atoms with Gasteiger partial charge in [-0.15, -0.1) is 0 Å². The van der Waals surface area contributed by atoms with E-state index in [1.54, 1.807) is 20.8 Å². The second-order valence-corrected chi connectivity index (χ2v) is 5.25. The summed E-state index contributed by atoms with van der Waals surface area (Å²) in [5.41, 5.74) is 4.73. The zero-order valence-corrected chi connectivity index (χ0v) is 11.5. The van der Waals surface area contributed by atoms with Crippen molar-refractivity contribution in [3.05, 3.63) is 35.1 Å². The van der Waals surface area contributed by atoms with Crippen molar-refractivity contribution >= 4 is 6.09 Å². The third-order valence-corrected chi connectivity index (χ3v) is 2.33. The van der Waals surface area contributed by atoms with E-state index in [1.807, 2.05) is 0 Å². The van der Waals surface area contributed by atoms with Gasteiger partial charge in [0.05, 0.1) is 6.04 Å². The van der Waals surface area contributed by atoms with Crippen LogP contribution in [0.5, 0.6) is 0 Å². The van der Waals surface area contributed by atoms with Crippen molar-refractivity contribution in [2.24, 2.45) is 5.73 Å². The minimum absolute atomic E-state index is 0.170. The average Bonchev–Trinajstić information content (AvgIpc) is 2.31. The van der Waals surface area contributed by atoms with Crippen molar-refractivity contribution in [1.29, 1.82) is 0 Å². The van der Waals surface area contributed by atoms with Crippen LogP contribution in [-0.4, -0.2) is 18.2 Å². The standard InChI is InChI=1S/C13H17F3N2O2/c1-13(2,3)20-12(19)18-6-9(17)7-4-5-8(14)11(16)10(7)15/h4-5,9H,6,17H2,1-3H3,(H,18,19). The van der Waals surface area contributed by atoms with Crippen LogP contribution in [0.2, 0.25) is 0 Å². The molecule has 0 aliphatic heterocycles. The summed E-state index contributed by atoms with van der Waals surface area (Å²) in [7, 11) is 0. The van der Waals surface area contributed by atoms with Gasteiger partial charge in [0, 0.05) is 12.1 Å². The Hall–Kier alpha value is -1.76. The summed E-state index contributed by atoms with van der Waals surface area (Å²) in [4.78, 5) is 11.4. The SMILES string of the molecule is CC(C)(C)OC(=O)NCC(N)c1ccc(F)c(F)c1F. The van der Waals surface area contributed by atoms with Crippen molar-refractivity contribution in [2.75, 3.05) is 6.54 Å². The van der Waals surface area contributed by atoms with E-state index in [1.165, 1.54) is 0 Å². The van der Waals surface area contributed by atoms with Gasteiger partial charge in [-0.3, -0.25) is 0 Å². The number of amides is 1. The van der Waals surface area contributed by atoms with Crippen molar-refractivity contribution in [2.45, 2.75) is 32.4 Å². The summed E-state index contributed by atoms with van der Waals surface area (Å²) in [5, 5.41) is 2.33. The molecule has 1 aromatic carbocycles. The highest BCUT2D eigenvalue weighted by atomic mass is 19.2. The van der Waals surface area contributed by atoms with E-state index in [0.717, 1.165) is 12.1 Å². The Bertz CT molecular complexity index is 501. The first-order valence-electron chi connectivity index (χ1n) is 5.97. The van der Waals surface area contributed by atoms with Gasteiger partial charge < -0.3 is 15.8 Å². The lowest BCUT2D eigenvalue weighted by Gasteiger charge is -2.21. The van der Waals surface area contributed by atoms with E-state index >= 15 is 0 Å². The first-order chi connectivity index (χ1) is 9.11. The van der Waals surface area contributed by atoms with Crippen molar-refractivity contribution in [1.82, 2.24) is 5.32 Å². The molecule has 3 N–H and O–H groups in total. The molecule has 1 rings (SSSR count). The minimum atomic E-state index is -1.59. The third-order valence-electron chi connectivity index (χ3n) is 2.33. The second-order valence-electron chi connectivity index (χ2n) is 5.25. The Kier molecular flexibility index (Phi) is 4.99. The molecule has 0 aliphatic rings. The molecule has 7 heteroatoms.